The average molecular weight is 706 g/mol. The van der Waals surface area contributed by atoms with Crippen molar-refractivity contribution >= 4 is 57.2 Å². The maximum absolute atomic E-state index is 6.46. The van der Waals surface area contributed by atoms with Crippen molar-refractivity contribution in [2.75, 3.05) is 4.90 Å². The molecule has 3 heterocycles. The van der Waals surface area contributed by atoms with Gasteiger partial charge in [0.1, 0.15) is 22.7 Å². The number of nitrogens with zero attached hydrogens (tertiary/aromatic N) is 1. The monoisotopic (exact) mass is 705 g/mol. The Bertz CT molecular complexity index is 2600. The van der Waals surface area contributed by atoms with E-state index in [9.17, 15) is 0 Å². The maximum atomic E-state index is 6.46. The summed E-state index contributed by atoms with van der Waals surface area (Å²) in [6, 6.07) is 49.1. The first kappa shape index (κ1) is 32.8. The van der Waals surface area contributed by atoms with E-state index in [1.54, 1.807) is 0 Å². The third-order valence-corrected chi connectivity index (χ3v) is 11.7. The van der Waals surface area contributed by atoms with E-state index in [1.807, 2.05) is 18.2 Å². The van der Waals surface area contributed by atoms with E-state index in [1.165, 1.54) is 5.56 Å². The smallest absolute Gasteiger partial charge is 0.460 e. The van der Waals surface area contributed by atoms with Crippen LogP contribution >= 0.6 is 0 Å². The molecule has 1 fully saturated rings. The van der Waals surface area contributed by atoms with Gasteiger partial charge in [0.2, 0.25) is 0 Å². The summed E-state index contributed by atoms with van der Waals surface area (Å²) < 4.78 is 25.6. The van der Waals surface area contributed by atoms with Crippen LogP contribution in [0.4, 0.5) is 17.1 Å². The molecule has 0 N–H and O–H groups in total. The van der Waals surface area contributed by atoms with E-state index in [0.717, 1.165) is 84.7 Å². The molecule has 1 unspecified atom stereocenters. The number of hydrogen-bond acceptors (Lipinski definition) is 5. The molecule has 10 rings (SSSR count). The number of allylic oxidation sites excluding steroid dienone is 4. The zero-order valence-corrected chi connectivity index (χ0v) is 30.9. The highest BCUT2D eigenvalue weighted by Gasteiger charge is 2.51. The molecular weight excluding hydrogens is 665 g/mol. The van der Waals surface area contributed by atoms with Crippen LogP contribution in [0.15, 0.2) is 162 Å². The van der Waals surface area contributed by atoms with Gasteiger partial charge in [0.15, 0.2) is 0 Å². The quantitative estimate of drug-likeness (QED) is 0.161. The lowest BCUT2D eigenvalue weighted by molar-refractivity contribution is 0.00578. The molecule has 1 aromatic heterocycles. The minimum Gasteiger partial charge on any atom is -0.460 e. The number of hydrogen-bond donors (Lipinski definition) is 0. The molecule has 7 aromatic rings. The summed E-state index contributed by atoms with van der Waals surface area (Å²) in [5.74, 6) is 2.26. The van der Waals surface area contributed by atoms with Crippen LogP contribution in [-0.4, -0.2) is 18.3 Å². The van der Waals surface area contributed by atoms with E-state index in [0.29, 0.717) is 0 Å². The van der Waals surface area contributed by atoms with Gasteiger partial charge in [-0.15, -0.1) is 0 Å². The summed E-state index contributed by atoms with van der Waals surface area (Å²) in [4.78, 5) is 2.29. The van der Waals surface area contributed by atoms with Crippen LogP contribution in [0.5, 0.6) is 5.75 Å². The number of ether oxygens (including phenoxy) is 1. The van der Waals surface area contributed by atoms with Crippen molar-refractivity contribution in [1.82, 2.24) is 0 Å². The summed E-state index contributed by atoms with van der Waals surface area (Å²) >= 11 is 0. The van der Waals surface area contributed by atoms with Crippen LogP contribution in [0, 0.1) is 0 Å². The SMILES string of the molecule is CC1(C)OB(c2ccc(N(c3ccc(C4=C5Oc6ccccc6C5CC=C4)cc3)c3ccc(-c4cccc5c4oc4ccccc45)cc3)cc2)OC1(C)C. The van der Waals surface area contributed by atoms with Crippen LogP contribution in [0.3, 0.4) is 0 Å². The Morgan fingerprint density at radius 2 is 1.22 bits per heavy atom. The van der Waals surface area contributed by atoms with Crippen molar-refractivity contribution in [3.63, 3.8) is 0 Å². The summed E-state index contributed by atoms with van der Waals surface area (Å²) in [7, 11) is -0.428. The second-order valence-corrected chi connectivity index (χ2v) is 15.5. The number of furan rings is 1. The van der Waals surface area contributed by atoms with Gasteiger partial charge in [-0.1, -0.05) is 103 Å². The highest BCUT2D eigenvalue weighted by molar-refractivity contribution is 6.62. The number of fused-ring (bicyclic) bond motifs is 6. The molecule has 6 heteroatoms. The van der Waals surface area contributed by atoms with Gasteiger partial charge in [0, 0.05) is 50.5 Å². The Hall–Kier alpha value is -5.82. The van der Waals surface area contributed by atoms with Gasteiger partial charge in [0.05, 0.1) is 11.2 Å². The molecule has 1 aliphatic carbocycles. The van der Waals surface area contributed by atoms with Crippen LogP contribution in [0.2, 0.25) is 0 Å². The summed E-state index contributed by atoms with van der Waals surface area (Å²) in [5, 5.41) is 2.25. The third kappa shape index (κ3) is 5.32. The number of anilines is 3. The number of rotatable bonds is 6. The van der Waals surface area contributed by atoms with E-state index in [4.69, 9.17) is 18.5 Å². The minimum absolute atomic E-state index is 0.254. The maximum Gasteiger partial charge on any atom is 0.494 e. The number of para-hydroxylation sites is 3. The van der Waals surface area contributed by atoms with Gasteiger partial charge < -0.3 is 23.4 Å². The first-order valence-corrected chi connectivity index (χ1v) is 18.8. The lowest BCUT2D eigenvalue weighted by Gasteiger charge is -2.32. The van der Waals surface area contributed by atoms with Crippen molar-refractivity contribution in [3.8, 4) is 16.9 Å². The molecule has 3 aliphatic rings. The molecule has 0 amide bonds. The van der Waals surface area contributed by atoms with E-state index in [2.05, 4.69) is 166 Å². The zero-order chi connectivity index (χ0) is 36.6. The van der Waals surface area contributed by atoms with Gasteiger partial charge >= 0.3 is 7.12 Å². The summed E-state index contributed by atoms with van der Waals surface area (Å²) in [6.07, 6.45) is 5.43. The fourth-order valence-electron chi connectivity index (χ4n) is 8.07. The fraction of sp³-hybridized carbons (Fsp3) is 0.167. The van der Waals surface area contributed by atoms with Crippen molar-refractivity contribution in [3.05, 3.63) is 169 Å². The normalized spacial score (nSPS) is 18.2. The van der Waals surface area contributed by atoms with Crippen LogP contribution in [-0.2, 0) is 9.31 Å². The van der Waals surface area contributed by atoms with Crippen molar-refractivity contribution in [2.24, 2.45) is 0 Å². The molecule has 0 bridgehead atoms. The van der Waals surface area contributed by atoms with Gasteiger partial charge in [-0.3, -0.25) is 0 Å². The van der Waals surface area contributed by atoms with E-state index in [-0.39, 0.29) is 5.92 Å². The molecule has 1 atom stereocenters. The minimum atomic E-state index is -0.428. The molecule has 6 aromatic carbocycles. The lowest BCUT2D eigenvalue weighted by Crippen LogP contribution is -2.41. The Morgan fingerprint density at radius 3 is 1.94 bits per heavy atom. The summed E-state index contributed by atoms with van der Waals surface area (Å²) in [6.45, 7) is 8.34. The van der Waals surface area contributed by atoms with E-state index < -0.39 is 18.3 Å². The second-order valence-electron chi connectivity index (χ2n) is 15.5. The Kier molecular flexibility index (Phi) is 7.52. The second kappa shape index (κ2) is 12.4. The molecule has 0 radical (unpaired) electrons. The molecule has 1 saturated heterocycles. The van der Waals surface area contributed by atoms with Gasteiger partial charge in [-0.25, -0.2) is 0 Å². The van der Waals surface area contributed by atoms with Crippen LogP contribution in [0.25, 0.3) is 38.6 Å². The third-order valence-electron chi connectivity index (χ3n) is 11.7. The predicted octanol–water partition coefficient (Wildman–Crippen LogP) is 11.9. The Labute approximate surface area is 316 Å². The van der Waals surface area contributed by atoms with Crippen molar-refractivity contribution in [1.29, 1.82) is 0 Å². The molecule has 0 spiro atoms. The standard InChI is InChI=1S/C48H40BNO4/c1-47(2)48(3,4)54-49(53-47)33-23-29-36(30-24-33)50(34-25-19-31(20-26-34)37-13-9-15-41-39-11-5-7-17-43(39)51-45(37)41)35-27-21-32(22-28-35)38-14-10-16-42-40-12-6-8-18-44(40)52-46(38)42/h5-15,17-30,42H,16H2,1-4H3. The largest absolute Gasteiger partial charge is 0.494 e. The zero-order valence-electron chi connectivity index (χ0n) is 30.9. The molecule has 5 nitrogen and oxygen atoms in total. The highest BCUT2D eigenvalue weighted by atomic mass is 16.7. The van der Waals surface area contributed by atoms with E-state index >= 15 is 0 Å². The van der Waals surface area contributed by atoms with Crippen LogP contribution in [0.1, 0.15) is 51.2 Å². The highest BCUT2D eigenvalue weighted by Crippen LogP contribution is 2.48. The molecular formula is C48H40BNO4. The van der Waals surface area contributed by atoms with Gasteiger partial charge in [-0.05, 0) is 99.2 Å². The lowest BCUT2D eigenvalue weighted by atomic mass is 9.79. The molecule has 54 heavy (non-hydrogen) atoms. The fourth-order valence-corrected chi connectivity index (χ4v) is 8.07. The van der Waals surface area contributed by atoms with Crippen LogP contribution < -0.4 is 15.1 Å². The summed E-state index contributed by atoms with van der Waals surface area (Å²) in [5.41, 5.74) is 10.8. The van der Waals surface area contributed by atoms with Crippen molar-refractivity contribution < 1.29 is 18.5 Å². The average Bonchev–Trinajstić information content (AvgIpc) is 3.84. The Morgan fingerprint density at radius 1 is 0.611 bits per heavy atom. The molecule has 0 saturated carbocycles. The molecule has 264 valence electrons. The topological polar surface area (TPSA) is 44.1 Å². The van der Waals surface area contributed by atoms with Crippen molar-refractivity contribution in [2.45, 2.75) is 51.2 Å². The van der Waals surface area contributed by atoms with Gasteiger partial charge in [-0.2, -0.15) is 0 Å². The van der Waals surface area contributed by atoms with Gasteiger partial charge in [0.25, 0.3) is 0 Å². The first-order valence-electron chi connectivity index (χ1n) is 18.8. The molecule has 2 aliphatic heterocycles. The number of benzene rings is 6. The first-order chi connectivity index (χ1) is 26.2. The predicted molar refractivity (Wildman–Crippen MR) is 220 cm³/mol. The Balaban J connectivity index is 1.02.